The maximum absolute atomic E-state index is 4.30. The fourth-order valence-electron chi connectivity index (χ4n) is 6.18. The molecule has 0 spiro atoms. The number of nitrogens with one attached hydrogen (secondary N) is 1. The lowest BCUT2D eigenvalue weighted by Gasteiger charge is -2.36. The van der Waals surface area contributed by atoms with Crippen LogP contribution >= 0.6 is 0 Å². The van der Waals surface area contributed by atoms with E-state index in [4.69, 9.17) is 0 Å². The number of hydrogen-bond acceptors (Lipinski definition) is 4. The highest BCUT2D eigenvalue weighted by Crippen LogP contribution is 2.37. The van der Waals surface area contributed by atoms with Gasteiger partial charge in [-0.15, -0.1) is 0 Å². The van der Waals surface area contributed by atoms with Gasteiger partial charge in [0.1, 0.15) is 6.34 Å². The van der Waals surface area contributed by atoms with Crippen LogP contribution in [0.1, 0.15) is 72.1 Å². The van der Waals surface area contributed by atoms with Gasteiger partial charge < -0.3 is 5.43 Å². The van der Waals surface area contributed by atoms with Crippen LogP contribution in [0, 0.1) is 17.8 Å². The highest BCUT2D eigenvalue weighted by atomic mass is 15.5. The number of likely N-dealkylation sites (tertiary alicyclic amines) is 1. The topological polar surface area (TPSA) is 55.6 Å². The number of hydrazine groups is 1. The molecule has 4 unspecified atom stereocenters. The maximum Gasteiger partial charge on any atom is 0.154 e. The Morgan fingerprint density at radius 2 is 1.97 bits per heavy atom. The van der Waals surface area contributed by atoms with Crippen LogP contribution < -0.4 is 5.43 Å². The van der Waals surface area contributed by atoms with Crippen LogP contribution in [0.4, 0.5) is 0 Å². The minimum absolute atomic E-state index is 0.474. The van der Waals surface area contributed by atoms with E-state index in [9.17, 15) is 0 Å². The average molecular weight is 429 g/mol. The van der Waals surface area contributed by atoms with Gasteiger partial charge in [-0.3, -0.25) is 14.9 Å². The molecule has 0 amide bonds. The normalized spacial score (nSPS) is 28.6. The van der Waals surface area contributed by atoms with Crippen LogP contribution in [0.2, 0.25) is 0 Å². The average Bonchev–Trinajstić information content (AvgIpc) is 3.43. The molecule has 4 atom stereocenters. The van der Waals surface area contributed by atoms with Gasteiger partial charge in [-0.25, -0.2) is 10.0 Å². The van der Waals surface area contributed by atoms with E-state index in [1.807, 2.05) is 6.20 Å². The van der Waals surface area contributed by atoms with E-state index >= 15 is 0 Å². The Balaban J connectivity index is 1.56. The Hall–Kier alpha value is -1.53. The Kier molecular flexibility index (Phi) is 9.27. The molecule has 0 aromatic heterocycles. The summed E-state index contributed by atoms with van der Waals surface area (Å²) in [6, 6.07) is 1.27. The predicted molar refractivity (Wildman–Crippen MR) is 133 cm³/mol. The van der Waals surface area contributed by atoms with Crippen molar-refractivity contribution in [1.29, 1.82) is 0 Å². The van der Waals surface area contributed by atoms with Gasteiger partial charge in [0.15, 0.2) is 5.84 Å². The molecule has 0 bridgehead atoms. The molecule has 174 valence electrons. The van der Waals surface area contributed by atoms with Gasteiger partial charge in [-0.2, -0.15) is 0 Å². The minimum atomic E-state index is 0.474. The second-order valence-corrected chi connectivity index (χ2v) is 9.74. The highest BCUT2D eigenvalue weighted by Gasteiger charge is 2.38. The second-order valence-electron chi connectivity index (χ2n) is 9.74. The Morgan fingerprint density at radius 1 is 1.23 bits per heavy atom. The van der Waals surface area contributed by atoms with Crippen molar-refractivity contribution in [2.45, 2.75) is 84.2 Å². The molecule has 2 fully saturated rings. The summed E-state index contributed by atoms with van der Waals surface area (Å²) >= 11 is 0. The van der Waals surface area contributed by atoms with E-state index in [-0.39, 0.29) is 0 Å². The fraction of sp³-hybridized carbons (Fsp3) is 0.800. The lowest BCUT2D eigenvalue weighted by atomic mass is 9.82. The number of amidine groups is 1. The van der Waals surface area contributed by atoms with Gasteiger partial charge in [0, 0.05) is 50.5 Å². The smallest absolute Gasteiger partial charge is 0.154 e. The van der Waals surface area contributed by atoms with Crippen molar-refractivity contribution in [2.24, 2.45) is 32.7 Å². The lowest BCUT2D eigenvalue weighted by molar-refractivity contribution is 0.126. The molecule has 0 radical (unpaired) electrons. The van der Waals surface area contributed by atoms with Gasteiger partial charge in [0.2, 0.25) is 0 Å². The summed E-state index contributed by atoms with van der Waals surface area (Å²) in [5, 5.41) is 2.34. The van der Waals surface area contributed by atoms with Crippen LogP contribution in [0.15, 0.2) is 26.8 Å². The molecule has 0 aromatic carbocycles. The molecular formula is C25H44N6. The monoisotopic (exact) mass is 428 g/mol. The molecule has 0 aromatic rings. The first-order valence-electron chi connectivity index (χ1n) is 12.5. The molecule has 3 aliphatic rings. The predicted octanol–water partition coefficient (Wildman–Crippen LogP) is 4.54. The Morgan fingerprint density at radius 3 is 2.61 bits per heavy atom. The maximum atomic E-state index is 4.30. The Labute approximate surface area is 190 Å². The van der Waals surface area contributed by atoms with E-state index in [0.29, 0.717) is 6.04 Å². The molecule has 1 aliphatic carbocycles. The molecule has 2 aliphatic heterocycles. The van der Waals surface area contributed by atoms with Gasteiger partial charge in [0.05, 0.1) is 0 Å². The zero-order valence-corrected chi connectivity index (χ0v) is 20.3. The van der Waals surface area contributed by atoms with Crippen molar-refractivity contribution in [3.05, 3.63) is 11.8 Å². The molecule has 6 heteroatoms. The number of hydrogen-bond donors (Lipinski definition) is 1. The first-order valence-corrected chi connectivity index (χ1v) is 12.5. The van der Waals surface area contributed by atoms with E-state index in [2.05, 4.69) is 57.8 Å². The summed E-state index contributed by atoms with van der Waals surface area (Å²) in [7, 11) is 1.78. The van der Waals surface area contributed by atoms with Gasteiger partial charge in [-0.05, 0) is 57.1 Å². The second kappa shape index (κ2) is 11.9. The molecule has 3 rings (SSSR count). The first kappa shape index (κ1) is 24.1. The summed E-state index contributed by atoms with van der Waals surface area (Å²) < 4.78 is 0. The Bertz CT molecular complexity index is 663. The summed E-state index contributed by atoms with van der Waals surface area (Å²) in [5.41, 5.74) is 4.57. The third-order valence-electron chi connectivity index (χ3n) is 7.89. The van der Waals surface area contributed by atoms with Crippen LogP contribution in [-0.2, 0) is 0 Å². The molecule has 2 heterocycles. The van der Waals surface area contributed by atoms with Crippen LogP contribution in [-0.4, -0.2) is 67.6 Å². The number of rotatable bonds is 9. The van der Waals surface area contributed by atoms with E-state index < -0.39 is 0 Å². The first-order chi connectivity index (χ1) is 15.1. The van der Waals surface area contributed by atoms with Gasteiger partial charge in [-0.1, -0.05) is 39.5 Å². The standard InChI is InChI=1S/C25H44N6/c1-6-20-15-30(24(7-2)21-11-9-8-10-12-21)16-22(20)13-19(3)31-17-23(14-29-31)25(27-5)28-18-26-4/h14,18-22,24,29H,4,6-13,15-17H2,1-3,5H3. The summed E-state index contributed by atoms with van der Waals surface area (Å²) in [4.78, 5) is 15.2. The zero-order valence-electron chi connectivity index (χ0n) is 20.3. The van der Waals surface area contributed by atoms with E-state index in [1.54, 1.807) is 7.05 Å². The highest BCUT2D eigenvalue weighted by molar-refractivity contribution is 6.03. The van der Waals surface area contributed by atoms with Gasteiger partial charge >= 0.3 is 0 Å². The summed E-state index contributed by atoms with van der Waals surface area (Å²) in [6.45, 7) is 14.0. The largest absolute Gasteiger partial charge is 0.325 e. The van der Waals surface area contributed by atoms with Crippen molar-refractivity contribution < 1.29 is 0 Å². The molecular weight excluding hydrogens is 384 g/mol. The summed E-state index contributed by atoms with van der Waals surface area (Å²) in [5.74, 6) is 3.26. The van der Waals surface area contributed by atoms with E-state index in [1.165, 1.54) is 70.8 Å². The van der Waals surface area contributed by atoms with E-state index in [0.717, 1.165) is 41.7 Å². The third-order valence-corrected chi connectivity index (χ3v) is 7.89. The van der Waals surface area contributed by atoms with Crippen molar-refractivity contribution in [3.8, 4) is 0 Å². The fourth-order valence-corrected chi connectivity index (χ4v) is 6.18. The molecule has 31 heavy (non-hydrogen) atoms. The van der Waals surface area contributed by atoms with Crippen molar-refractivity contribution in [3.63, 3.8) is 0 Å². The quantitative estimate of drug-likeness (QED) is 0.433. The third kappa shape index (κ3) is 6.04. The minimum Gasteiger partial charge on any atom is -0.325 e. The van der Waals surface area contributed by atoms with Crippen LogP contribution in [0.3, 0.4) is 0 Å². The summed E-state index contributed by atoms with van der Waals surface area (Å²) in [6.07, 6.45) is 14.6. The molecule has 1 N–H and O–H groups in total. The molecule has 1 saturated heterocycles. The van der Waals surface area contributed by atoms with Crippen LogP contribution in [0.5, 0.6) is 0 Å². The van der Waals surface area contributed by atoms with Gasteiger partial charge in [0.25, 0.3) is 0 Å². The molecule has 6 nitrogen and oxygen atoms in total. The van der Waals surface area contributed by atoms with Crippen molar-refractivity contribution in [2.75, 3.05) is 26.7 Å². The SMILES string of the molecule is C=NC=NC(=NC)C1=CNN(C(C)CC2CN(C(CC)C3CCCCC3)CC2CC)C1. The lowest BCUT2D eigenvalue weighted by Crippen LogP contribution is -2.41. The zero-order chi connectivity index (χ0) is 22.2. The van der Waals surface area contributed by atoms with Crippen molar-refractivity contribution in [1.82, 2.24) is 15.3 Å². The number of nitrogens with zero attached hydrogens (tertiary/aromatic N) is 5. The van der Waals surface area contributed by atoms with Crippen molar-refractivity contribution >= 4 is 18.9 Å². The number of aliphatic imine (C=N–C) groups is 3. The van der Waals surface area contributed by atoms with Crippen LogP contribution in [0.25, 0.3) is 0 Å². The molecule has 1 saturated carbocycles.